The van der Waals surface area contributed by atoms with Gasteiger partial charge in [-0.15, -0.1) is 0 Å². The van der Waals surface area contributed by atoms with Crippen molar-refractivity contribution in [2.75, 3.05) is 50.9 Å². The standard InChI is InChI=1S/C33H63N4O7P/c1-2-43-45(42,27-29(39)26-34-24-28-25-35-31-30(28)36-33(41)37-32(31)40)44-23-21-19-17-15-13-11-9-7-5-3-4-6-8-10-12-14-16-18-20-22-38/h28-29,34-35,38-39H,2-27H2,1H3,(H2,36,37,40,41)/t28?,29-,45?/m1/s1. The van der Waals surface area contributed by atoms with Crippen LogP contribution in [0, 0.1) is 0 Å². The summed E-state index contributed by atoms with van der Waals surface area (Å²) in [6.07, 6.45) is 22.8. The Morgan fingerprint density at radius 1 is 0.867 bits per heavy atom. The van der Waals surface area contributed by atoms with Crippen LogP contribution in [-0.2, 0) is 13.6 Å². The largest absolute Gasteiger partial charge is 0.480 e. The number of H-pyrrole nitrogens is 1. The predicted molar refractivity (Wildman–Crippen MR) is 181 cm³/mol. The second kappa shape index (κ2) is 24.7. The lowest BCUT2D eigenvalue weighted by molar-refractivity contribution is 0.162. The van der Waals surface area contributed by atoms with E-state index in [0.717, 1.165) is 25.7 Å². The van der Waals surface area contributed by atoms with E-state index in [1.54, 1.807) is 6.92 Å². The van der Waals surface area contributed by atoms with Crippen LogP contribution in [0.5, 0.6) is 6.01 Å². The molecule has 2 rings (SSSR count). The maximum atomic E-state index is 13.2. The molecule has 0 radical (unpaired) electrons. The van der Waals surface area contributed by atoms with Crippen molar-refractivity contribution in [2.24, 2.45) is 0 Å². The summed E-state index contributed by atoms with van der Waals surface area (Å²) in [4.78, 5) is 18.2. The number of aromatic hydroxyl groups is 1. The van der Waals surface area contributed by atoms with E-state index in [2.05, 4.69) is 20.6 Å². The van der Waals surface area contributed by atoms with Crippen LogP contribution in [0.15, 0.2) is 4.79 Å². The highest BCUT2D eigenvalue weighted by Gasteiger charge is 2.30. The maximum absolute atomic E-state index is 13.2. The van der Waals surface area contributed by atoms with Crippen molar-refractivity contribution < 1.29 is 28.9 Å². The zero-order chi connectivity index (χ0) is 32.6. The normalized spacial score (nSPS) is 16.4. The van der Waals surface area contributed by atoms with Crippen molar-refractivity contribution in [3.05, 3.63) is 16.0 Å². The molecule has 11 nitrogen and oxygen atoms in total. The molecular formula is C33H63N4O7P. The van der Waals surface area contributed by atoms with Gasteiger partial charge in [0.25, 0.3) is 11.6 Å². The first kappa shape index (κ1) is 39.7. The predicted octanol–water partition coefficient (Wildman–Crippen LogP) is 6.59. The molecule has 262 valence electrons. The fourth-order valence-corrected chi connectivity index (χ4v) is 7.68. The van der Waals surface area contributed by atoms with Gasteiger partial charge in [0.05, 0.1) is 31.2 Å². The lowest BCUT2D eigenvalue weighted by atomic mass is 10.0. The van der Waals surface area contributed by atoms with Crippen molar-refractivity contribution in [1.82, 2.24) is 15.3 Å². The second-order valence-electron chi connectivity index (χ2n) is 12.5. The molecule has 1 aromatic rings. The lowest BCUT2D eigenvalue weighted by Crippen LogP contribution is -2.33. The number of aromatic amines is 1. The topological polar surface area (TPSA) is 166 Å². The summed E-state index contributed by atoms with van der Waals surface area (Å²) in [6, 6.07) is -0.418. The zero-order valence-electron chi connectivity index (χ0n) is 27.9. The van der Waals surface area contributed by atoms with E-state index < -0.39 is 25.3 Å². The molecule has 1 aromatic heterocycles. The Kier molecular flexibility index (Phi) is 21.7. The van der Waals surface area contributed by atoms with E-state index in [1.807, 2.05) is 0 Å². The minimum Gasteiger partial charge on any atom is -0.480 e. The quantitative estimate of drug-likeness (QED) is 0.0392. The highest BCUT2D eigenvalue weighted by atomic mass is 31.2. The molecule has 0 spiro atoms. The van der Waals surface area contributed by atoms with Crippen LogP contribution in [0.3, 0.4) is 0 Å². The van der Waals surface area contributed by atoms with Crippen molar-refractivity contribution in [3.63, 3.8) is 0 Å². The number of hydrogen-bond acceptors (Lipinski definition) is 10. The average Bonchev–Trinajstić information content (AvgIpc) is 3.41. The summed E-state index contributed by atoms with van der Waals surface area (Å²) >= 11 is 0. The number of nitrogens with one attached hydrogen (secondary N) is 3. The SMILES string of the molecule is CCOP(=O)(C[C@H](O)CNCC1CNc2c1nc(O)[nH]c2=O)OCCCCCCCCCCCCCCCCCCCCCO. The van der Waals surface area contributed by atoms with Gasteiger partial charge in [0.1, 0.15) is 5.69 Å². The minimum atomic E-state index is -3.40. The van der Waals surface area contributed by atoms with Gasteiger partial charge in [-0.05, 0) is 19.8 Å². The summed E-state index contributed by atoms with van der Waals surface area (Å²) < 4.78 is 24.3. The van der Waals surface area contributed by atoms with Crippen molar-refractivity contribution in [1.29, 1.82) is 0 Å². The first-order valence-electron chi connectivity index (χ1n) is 17.8. The molecule has 0 aromatic carbocycles. The summed E-state index contributed by atoms with van der Waals surface area (Å²) in [5.74, 6) is -0.134. The van der Waals surface area contributed by atoms with Crippen LogP contribution >= 0.6 is 7.60 Å². The smallest absolute Gasteiger partial charge is 0.333 e. The van der Waals surface area contributed by atoms with E-state index in [1.165, 1.54) is 96.3 Å². The number of aliphatic hydroxyl groups is 2. The summed E-state index contributed by atoms with van der Waals surface area (Å²) in [7, 11) is -3.40. The Bertz CT molecular complexity index is 996. The fraction of sp³-hybridized carbons (Fsp3) is 0.879. The van der Waals surface area contributed by atoms with Gasteiger partial charge in [-0.1, -0.05) is 109 Å². The van der Waals surface area contributed by atoms with E-state index >= 15 is 0 Å². The van der Waals surface area contributed by atoms with Gasteiger partial charge in [-0.25, -0.2) is 0 Å². The van der Waals surface area contributed by atoms with E-state index in [-0.39, 0.29) is 25.2 Å². The monoisotopic (exact) mass is 658 g/mol. The summed E-state index contributed by atoms with van der Waals surface area (Å²) in [5.41, 5.74) is 0.438. The number of aliphatic hydroxyl groups excluding tert-OH is 2. The fourth-order valence-electron chi connectivity index (χ4n) is 5.94. The molecule has 0 aliphatic carbocycles. The van der Waals surface area contributed by atoms with Gasteiger partial charge in [0.2, 0.25) is 0 Å². The maximum Gasteiger partial charge on any atom is 0.333 e. The number of hydrogen-bond donors (Lipinski definition) is 6. The molecule has 1 aliphatic rings. The number of unbranched alkanes of at least 4 members (excludes halogenated alkanes) is 18. The van der Waals surface area contributed by atoms with Gasteiger partial charge in [0, 0.05) is 32.2 Å². The number of nitrogens with zero attached hydrogens (tertiary/aromatic N) is 1. The number of rotatable bonds is 30. The van der Waals surface area contributed by atoms with Crippen molar-refractivity contribution in [3.8, 4) is 6.01 Å². The Labute approximate surface area is 271 Å². The molecule has 2 unspecified atom stereocenters. The molecule has 6 N–H and O–H groups in total. The third-order valence-corrected chi connectivity index (χ3v) is 10.6. The van der Waals surface area contributed by atoms with Crippen LogP contribution in [0.4, 0.5) is 5.69 Å². The molecule has 12 heteroatoms. The Morgan fingerprint density at radius 2 is 1.38 bits per heavy atom. The first-order chi connectivity index (χ1) is 21.9. The van der Waals surface area contributed by atoms with Crippen molar-refractivity contribution >= 4 is 13.3 Å². The van der Waals surface area contributed by atoms with Gasteiger partial charge in [-0.2, -0.15) is 4.98 Å². The Balaban J connectivity index is 1.42. The van der Waals surface area contributed by atoms with Crippen molar-refractivity contribution in [2.45, 2.75) is 141 Å². The molecular weight excluding hydrogens is 595 g/mol. The molecule has 0 saturated heterocycles. The Hall–Kier alpha value is -1.49. The molecule has 45 heavy (non-hydrogen) atoms. The third kappa shape index (κ3) is 17.9. The molecule has 0 bridgehead atoms. The first-order valence-corrected chi connectivity index (χ1v) is 19.6. The minimum absolute atomic E-state index is 0.0845. The number of aromatic nitrogens is 2. The van der Waals surface area contributed by atoms with Crippen LogP contribution in [0.1, 0.15) is 141 Å². The van der Waals surface area contributed by atoms with Crippen LogP contribution < -0.4 is 16.2 Å². The van der Waals surface area contributed by atoms with Gasteiger partial charge >= 0.3 is 7.60 Å². The molecule has 2 heterocycles. The molecule has 3 atom stereocenters. The molecule has 1 aliphatic heterocycles. The summed E-state index contributed by atoms with van der Waals surface area (Å²) in [6.45, 7) is 3.82. The van der Waals surface area contributed by atoms with E-state index in [9.17, 15) is 19.6 Å². The molecule has 0 fully saturated rings. The summed E-state index contributed by atoms with van der Waals surface area (Å²) in [5, 5.41) is 35.1. The van der Waals surface area contributed by atoms with Gasteiger partial charge in [0.15, 0.2) is 0 Å². The number of fused-ring (bicyclic) bond motifs is 1. The van der Waals surface area contributed by atoms with Crippen LogP contribution in [0.25, 0.3) is 0 Å². The van der Waals surface area contributed by atoms with Crippen LogP contribution in [0.2, 0.25) is 0 Å². The highest BCUT2D eigenvalue weighted by Crippen LogP contribution is 2.48. The average molecular weight is 659 g/mol. The highest BCUT2D eigenvalue weighted by molar-refractivity contribution is 7.53. The Morgan fingerprint density at radius 3 is 1.89 bits per heavy atom. The molecule has 0 saturated carbocycles. The van der Waals surface area contributed by atoms with E-state index in [4.69, 9.17) is 14.2 Å². The van der Waals surface area contributed by atoms with Crippen LogP contribution in [-0.4, -0.2) is 77.0 Å². The zero-order valence-corrected chi connectivity index (χ0v) is 28.8. The number of anilines is 1. The van der Waals surface area contributed by atoms with Gasteiger partial charge < -0.3 is 35.0 Å². The van der Waals surface area contributed by atoms with E-state index in [0.29, 0.717) is 37.7 Å². The molecule has 0 amide bonds. The lowest BCUT2D eigenvalue weighted by Gasteiger charge is -2.21. The van der Waals surface area contributed by atoms with Gasteiger partial charge in [-0.3, -0.25) is 14.3 Å². The second-order valence-corrected chi connectivity index (χ2v) is 14.6. The third-order valence-electron chi connectivity index (χ3n) is 8.47.